The number of halogens is 2. The number of hydrogen-bond acceptors (Lipinski definition) is 3. The predicted octanol–water partition coefficient (Wildman–Crippen LogP) is 3.15. The maximum Gasteiger partial charge on any atom is 0.149 e. The molecule has 0 unspecified atom stereocenters. The number of carbonyl (C=O) groups excluding carboxylic acids is 1. The summed E-state index contributed by atoms with van der Waals surface area (Å²) in [4.78, 5) is 10.9. The minimum Gasteiger partial charge on any atom is -0.545 e. The van der Waals surface area contributed by atoms with E-state index in [2.05, 4.69) is 5.32 Å². The normalized spacial score (nSPS) is 24.2. The first kappa shape index (κ1) is 14.9. The van der Waals surface area contributed by atoms with Crippen molar-refractivity contribution in [2.24, 2.45) is 5.92 Å². The van der Waals surface area contributed by atoms with E-state index in [1.807, 2.05) is 12.2 Å². The van der Waals surface area contributed by atoms with E-state index < -0.39 is 17.6 Å². The summed E-state index contributed by atoms with van der Waals surface area (Å²) >= 11 is 0. The molecule has 0 saturated heterocycles. The average Bonchev–Trinajstić information content (AvgIpc) is 3.04. The third kappa shape index (κ3) is 2.28. The number of carbonyl (C=O) groups is 1. The number of fused-ring (bicyclic) bond motifs is 3. The van der Waals surface area contributed by atoms with Crippen molar-refractivity contribution >= 4 is 11.7 Å². The molecule has 0 fully saturated rings. The minimum atomic E-state index is -1.23. The number of rotatable bonds is 2. The Morgan fingerprint density at radius 3 is 2.62 bits per heavy atom. The minimum absolute atomic E-state index is 0.0581. The van der Waals surface area contributed by atoms with Crippen LogP contribution in [0, 0.1) is 17.6 Å². The van der Waals surface area contributed by atoms with Gasteiger partial charge in [-0.15, -0.1) is 0 Å². The van der Waals surface area contributed by atoms with Gasteiger partial charge in [-0.25, -0.2) is 8.78 Å². The Kier molecular flexibility index (Phi) is 3.37. The molecule has 5 heteroatoms. The van der Waals surface area contributed by atoms with Crippen molar-refractivity contribution in [2.45, 2.75) is 18.4 Å². The van der Waals surface area contributed by atoms with E-state index in [4.69, 9.17) is 0 Å². The third-order valence-corrected chi connectivity index (χ3v) is 4.89. The molecule has 122 valence electrons. The molecule has 4 rings (SSSR count). The van der Waals surface area contributed by atoms with Gasteiger partial charge in [-0.1, -0.05) is 36.4 Å². The molecular formula is C19H14F2NO2-. The summed E-state index contributed by atoms with van der Waals surface area (Å²) in [6.07, 6.45) is 4.81. The lowest BCUT2D eigenvalue weighted by atomic mass is 9.77. The van der Waals surface area contributed by atoms with E-state index in [9.17, 15) is 18.7 Å². The molecule has 0 spiro atoms. The van der Waals surface area contributed by atoms with Gasteiger partial charge in [0.2, 0.25) is 0 Å². The van der Waals surface area contributed by atoms with Crippen LogP contribution in [0.15, 0.2) is 48.6 Å². The Morgan fingerprint density at radius 1 is 1.17 bits per heavy atom. The van der Waals surface area contributed by atoms with Crippen LogP contribution in [0.3, 0.4) is 0 Å². The van der Waals surface area contributed by atoms with E-state index in [0.717, 1.165) is 18.1 Å². The van der Waals surface area contributed by atoms with Crippen molar-refractivity contribution in [2.75, 3.05) is 5.32 Å². The maximum atomic E-state index is 14.2. The number of hydrogen-bond donors (Lipinski definition) is 1. The summed E-state index contributed by atoms with van der Waals surface area (Å²) in [5.41, 5.74) is 1.92. The molecule has 0 saturated carbocycles. The van der Waals surface area contributed by atoms with Crippen molar-refractivity contribution in [3.8, 4) is 0 Å². The van der Waals surface area contributed by atoms with Gasteiger partial charge in [0.25, 0.3) is 0 Å². The largest absolute Gasteiger partial charge is 0.545 e. The smallest absolute Gasteiger partial charge is 0.149 e. The molecule has 1 N–H and O–H groups in total. The zero-order valence-corrected chi connectivity index (χ0v) is 12.6. The lowest BCUT2D eigenvalue weighted by Crippen LogP contribution is -2.30. The van der Waals surface area contributed by atoms with Crippen LogP contribution in [-0.2, 0) is 0 Å². The zero-order chi connectivity index (χ0) is 16.8. The molecule has 1 heterocycles. The van der Waals surface area contributed by atoms with Gasteiger partial charge in [0.1, 0.15) is 11.6 Å². The van der Waals surface area contributed by atoms with Crippen molar-refractivity contribution in [1.82, 2.24) is 0 Å². The molecule has 1 aliphatic carbocycles. The first-order chi connectivity index (χ1) is 11.5. The maximum absolute atomic E-state index is 14.2. The van der Waals surface area contributed by atoms with Crippen molar-refractivity contribution in [3.63, 3.8) is 0 Å². The highest BCUT2D eigenvalue weighted by molar-refractivity contribution is 5.85. The summed E-state index contributed by atoms with van der Waals surface area (Å²) in [7, 11) is 0. The van der Waals surface area contributed by atoms with E-state index >= 15 is 0 Å². The molecule has 2 aliphatic rings. The van der Waals surface area contributed by atoms with Crippen LogP contribution in [-0.4, -0.2) is 5.97 Å². The Balaban J connectivity index is 1.76. The summed E-state index contributed by atoms with van der Waals surface area (Å²) in [5, 5.41) is 14.1. The van der Waals surface area contributed by atoms with Crippen molar-refractivity contribution in [1.29, 1.82) is 0 Å². The molecule has 2 aromatic carbocycles. The number of allylic oxidation sites excluding steroid dienone is 2. The average molecular weight is 326 g/mol. The predicted molar refractivity (Wildman–Crippen MR) is 83.5 cm³/mol. The van der Waals surface area contributed by atoms with E-state index in [-0.39, 0.29) is 23.4 Å². The van der Waals surface area contributed by atoms with Gasteiger partial charge in [0.05, 0.1) is 17.7 Å². The summed E-state index contributed by atoms with van der Waals surface area (Å²) in [6.45, 7) is 0. The highest BCUT2D eigenvalue weighted by Crippen LogP contribution is 2.50. The van der Waals surface area contributed by atoms with Gasteiger partial charge < -0.3 is 15.2 Å². The van der Waals surface area contributed by atoms with Crippen LogP contribution in [0.5, 0.6) is 0 Å². The Morgan fingerprint density at radius 2 is 1.92 bits per heavy atom. The van der Waals surface area contributed by atoms with Crippen molar-refractivity contribution < 1.29 is 18.7 Å². The zero-order valence-electron chi connectivity index (χ0n) is 12.6. The molecule has 3 atom stereocenters. The fourth-order valence-electron chi connectivity index (χ4n) is 3.78. The van der Waals surface area contributed by atoms with Crippen LogP contribution in [0.1, 0.15) is 39.9 Å². The molecule has 24 heavy (non-hydrogen) atoms. The second kappa shape index (κ2) is 5.44. The quantitative estimate of drug-likeness (QED) is 0.863. The molecular weight excluding hydrogens is 312 g/mol. The molecule has 0 aromatic heterocycles. The lowest BCUT2D eigenvalue weighted by molar-refractivity contribution is -0.255. The topological polar surface area (TPSA) is 52.2 Å². The van der Waals surface area contributed by atoms with Crippen LogP contribution >= 0.6 is 0 Å². The molecule has 2 aromatic rings. The molecule has 1 aliphatic heterocycles. The van der Waals surface area contributed by atoms with Crippen molar-refractivity contribution in [3.05, 3.63) is 76.9 Å². The van der Waals surface area contributed by atoms with Gasteiger partial charge in [-0.2, -0.15) is 0 Å². The second-order valence-electron chi connectivity index (χ2n) is 6.24. The Hall–Kier alpha value is -2.69. The summed E-state index contributed by atoms with van der Waals surface area (Å²) < 4.78 is 27.8. The number of carboxylic acid groups (broad SMARTS) is 1. The van der Waals surface area contributed by atoms with E-state index in [0.29, 0.717) is 11.3 Å². The van der Waals surface area contributed by atoms with Gasteiger partial charge in [0, 0.05) is 12.0 Å². The number of benzene rings is 2. The summed E-state index contributed by atoms with van der Waals surface area (Å²) in [5.74, 6) is -2.35. The highest BCUT2D eigenvalue weighted by atomic mass is 19.1. The van der Waals surface area contributed by atoms with Gasteiger partial charge in [0.15, 0.2) is 0 Å². The Labute approximate surface area is 137 Å². The van der Waals surface area contributed by atoms with Gasteiger partial charge >= 0.3 is 0 Å². The van der Waals surface area contributed by atoms with Crippen LogP contribution in [0.4, 0.5) is 14.5 Å². The molecule has 0 bridgehead atoms. The van der Waals surface area contributed by atoms with Crippen LogP contribution < -0.4 is 10.4 Å². The number of anilines is 1. The number of nitrogens with one attached hydrogen (secondary N) is 1. The highest BCUT2D eigenvalue weighted by Gasteiger charge is 2.39. The molecule has 0 amide bonds. The molecule has 0 radical (unpaired) electrons. The summed E-state index contributed by atoms with van der Waals surface area (Å²) in [6, 6.07) is 8.48. The third-order valence-electron chi connectivity index (χ3n) is 4.89. The monoisotopic (exact) mass is 326 g/mol. The van der Waals surface area contributed by atoms with Gasteiger partial charge in [-0.3, -0.25) is 0 Å². The van der Waals surface area contributed by atoms with E-state index in [1.165, 1.54) is 18.2 Å². The number of carboxylic acids is 1. The first-order valence-electron chi connectivity index (χ1n) is 7.78. The van der Waals surface area contributed by atoms with Crippen LogP contribution in [0.2, 0.25) is 0 Å². The number of aromatic carboxylic acids is 1. The second-order valence-corrected chi connectivity index (χ2v) is 6.24. The molecule has 3 nitrogen and oxygen atoms in total. The van der Waals surface area contributed by atoms with Crippen LogP contribution in [0.25, 0.3) is 0 Å². The lowest BCUT2D eigenvalue weighted by Gasteiger charge is -2.37. The standard InChI is InChI=1S/C19H15F2NO2/c20-12-8-15-13-2-1-3-14(13)17(22-18(15)16(21)9-12)10-4-6-11(7-5-10)19(23)24/h1-2,4-9,13-14,17,22H,3H2,(H,23,24)/p-1/t13-,14-,17-/m0/s1. The first-order valence-corrected chi connectivity index (χ1v) is 7.78. The Bertz CT molecular complexity index is 845. The van der Waals surface area contributed by atoms with Gasteiger partial charge in [-0.05, 0) is 35.1 Å². The fourth-order valence-corrected chi connectivity index (χ4v) is 3.78. The fraction of sp³-hybridized carbons (Fsp3) is 0.211. The SMILES string of the molecule is O=C([O-])c1ccc([C@@H]2Nc3c(F)cc(F)cc3[C@H]3C=CC[C@@H]32)cc1. The van der Waals surface area contributed by atoms with E-state index in [1.54, 1.807) is 12.1 Å².